The fraction of sp³-hybridized carbons (Fsp3) is 0.133. The van der Waals surface area contributed by atoms with Gasteiger partial charge in [-0.3, -0.25) is 4.57 Å². The van der Waals surface area contributed by atoms with Crippen molar-refractivity contribution in [2.24, 2.45) is 0 Å². The second-order valence-electron chi connectivity index (χ2n) is 4.33. The Bertz CT molecular complexity index is 730. The summed E-state index contributed by atoms with van der Waals surface area (Å²) in [7, 11) is 0. The number of hydrogen-bond donors (Lipinski definition) is 0. The number of aromatic nitrogens is 2. The molecule has 0 saturated carbocycles. The minimum atomic E-state index is -0.307. The van der Waals surface area contributed by atoms with E-state index in [2.05, 4.69) is 4.98 Å². The number of hydrogen-bond acceptors (Lipinski definition) is 1. The van der Waals surface area contributed by atoms with Gasteiger partial charge in [0.25, 0.3) is 0 Å². The molecule has 2 aromatic carbocycles. The number of benzene rings is 2. The first-order chi connectivity index (χ1) is 9.19. The number of halogens is 2. The van der Waals surface area contributed by atoms with Gasteiger partial charge in [-0.2, -0.15) is 0 Å². The molecule has 4 heteroatoms. The van der Waals surface area contributed by atoms with Crippen LogP contribution in [0.3, 0.4) is 0 Å². The Morgan fingerprint density at radius 3 is 2.37 bits per heavy atom. The van der Waals surface area contributed by atoms with E-state index in [-0.39, 0.29) is 11.6 Å². The molecule has 2 nitrogen and oxygen atoms in total. The van der Waals surface area contributed by atoms with Gasteiger partial charge < -0.3 is 0 Å². The number of fused-ring (bicyclic) bond motifs is 1. The van der Waals surface area contributed by atoms with Crippen LogP contribution in [0.5, 0.6) is 0 Å². The first kappa shape index (κ1) is 11.8. The van der Waals surface area contributed by atoms with Crippen LogP contribution in [0, 0.1) is 11.6 Å². The third kappa shape index (κ3) is 1.99. The lowest BCUT2D eigenvalue weighted by Gasteiger charge is -2.08. The highest BCUT2D eigenvalue weighted by molar-refractivity contribution is 5.78. The predicted octanol–water partition coefficient (Wildman–Crippen LogP) is 3.87. The highest BCUT2D eigenvalue weighted by Gasteiger charge is 2.11. The molecule has 3 aromatic rings. The van der Waals surface area contributed by atoms with Crippen molar-refractivity contribution in [1.29, 1.82) is 0 Å². The quantitative estimate of drug-likeness (QED) is 0.682. The number of aryl methyl sites for hydroxylation is 1. The van der Waals surface area contributed by atoms with Crippen molar-refractivity contribution in [2.45, 2.75) is 13.3 Å². The molecule has 96 valence electrons. The lowest BCUT2D eigenvalue weighted by molar-refractivity contribution is 0.626. The maximum absolute atomic E-state index is 13.4. The minimum absolute atomic E-state index is 0.294. The summed E-state index contributed by atoms with van der Waals surface area (Å²) in [5.74, 6) is 0.225. The van der Waals surface area contributed by atoms with Gasteiger partial charge in [-0.05, 0) is 36.4 Å². The molecule has 0 radical (unpaired) electrons. The van der Waals surface area contributed by atoms with Gasteiger partial charge in [0.05, 0.1) is 11.0 Å². The lowest BCUT2D eigenvalue weighted by Crippen LogP contribution is -2.00. The second-order valence-corrected chi connectivity index (χ2v) is 4.33. The van der Waals surface area contributed by atoms with E-state index in [9.17, 15) is 8.78 Å². The van der Waals surface area contributed by atoms with E-state index in [1.165, 1.54) is 24.3 Å². The first-order valence-corrected chi connectivity index (χ1v) is 6.12. The van der Waals surface area contributed by atoms with Crippen LogP contribution in [-0.4, -0.2) is 9.55 Å². The third-order valence-electron chi connectivity index (χ3n) is 3.09. The van der Waals surface area contributed by atoms with E-state index >= 15 is 0 Å². The van der Waals surface area contributed by atoms with Gasteiger partial charge in [0, 0.05) is 18.2 Å². The molecule has 0 aliphatic heterocycles. The first-order valence-electron chi connectivity index (χ1n) is 6.12. The molecule has 0 aliphatic carbocycles. The van der Waals surface area contributed by atoms with Gasteiger partial charge >= 0.3 is 0 Å². The van der Waals surface area contributed by atoms with Gasteiger partial charge in [0.2, 0.25) is 0 Å². The average Bonchev–Trinajstić information content (AvgIpc) is 2.77. The van der Waals surface area contributed by atoms with Gasteiger partial charge in [-0.15, -0.1) is 0 Å². The zero-order valence-electron chi connectivity index (χ0n) is 10.4. The smallest absolute Gasteiger partial charge is 0.125 e. The maximum atomic E-state index is 13.4. The van der Waals surface area contributed by atoms with E-state index in [0.29, 0.717) is 11.9 Å². The Morgan fingerprint density at radius 2 is 1.68 bits per heavy atom. The van der Waals surface area contributed by atoms with Crippen molar-refractivity contribution in [1.82, 2.24) is 9.55 Å². The summed E-state index contributed by atoms with van der Waals surface area (Å²) in [5, 5.41) is 0. The van der Waals surface area contributed by atoms with Crippen molar-refractivity contribution < 1.29 is 8.78 Å². The highest BCUT2D eigenvalue weighted by Crippen LogP contribution is 2.23. The van der Waals surface area contributed by atoms with E-state index in [4.69, 9.17) is 0 Å². The molecule has 0 spiro atoms. The number of nitrogens with zero attached hydrogens (tertiary/aromatic N) is 2. The summed E-state index contributed by atoms with van der Waals surface area (Å²) in [6.07, 6.45) is 0.716. The normalized spacial score (nSPS) is 11.1. The molecule has 0 N–H and O–H groups in total. The summed E-state index contributed by atoms with van der Waals surface area (Å²) < 4.78 is 28.3. The van der Waals surface area contributed by atoms with Crippen molar-refractivity contribution >= 4 is 11.0 Å². The van der Waals surface area contributed by atoms with E-state index in [1.807, 2.05) is 11.5 Å². The monoisotopic (exact) mass is 258 g/mol. The summed E-state index contributed by atoms with van der Waals surface area (Å²) in [5.41, 5.74) is 2.22. The van der Waals surface area contributed by atoms with Crippen molar-refractivity contribution in [3.8, 4) is 5.69 Å². The molecule has 19 heavy (non-hydrogen) atoms. The van der Waals surface area contributed by atoms with Crippen LogP contribution in [0.15, 0.2) is 42.5 Å². The zero-order valence-corrected chi connectivity index (χ0v) is 10.4. The van der Waals surface area contributed by atoms with Gasteiger partial charge in [-0.1, -0.05) is 6.92 Å². The van der Waals surface area contributed by atoms with Gasteiger partial charge in [-0.25, -0.2) is 13.8 Å². The lowest BCUT2D eigenvalue weighted by atomic mass is 10.2. The molecule has 0 fully saturated rings. The Labute approximate surface area is 109 Å². The van der Waals surface area contributed by atoms with E-state index < -0.39 is 0 Å². The molecule has 1 aromatic heterocycles. The Balaban J connectivity index is 2.31. The summed E-state index contributed by atoms with van der Waals surface area (Å²) in [4.78, 5) is 4.47. The Morgan fingerprint density at radius 1 is 1.00 bits per heavy atom. The largest absolute Gasteiger partial charge is 0.296 e. The van der Waals surface area contributed by atoms with E-state index in [0.717, 1.165) is 17.0 Å². The SMILES string of the molecule is CCc1nc2ccc(F)cc2n1-c1ccc(F)cc1. The van der Waals surface area contributed by atoms with Crippen LogP contribution < -0.4 is 0 Å². The molecule has 0 bridgehead atoms. The fourth-order valence-electron chi connectivity index (χ4n) is 2.21. The number of rotatable bonds is 2. The molecule has 0 saturated heterocycles. The average molecular weight is 258 g/mol. The van der Waals surface area contributed by atoms with Crippen LogP contribution in [0.25, 0.3) is 16.7 Å². The molecule has 0 atom stereocenters. The van der Waals surface area contributed by atoms with Crippen LogP contribution in [0.2, 0.25) is 0 Å². The van der Waals surface area contributed by atoms with E-state index in [1.54, 1.807) is 18.2 Å². The molecule has 0 unspecified atom stereocenters. The van der Waals surface area contributed by atoms with Crippen molar-refractivity contribution in [3.63, 3.8) is 0 Å². The van der Waals surface area contributed by atoms with Crippen molar-refractivity contribution in [2.75, 3.05) is 0 Å². The minimum Gasteiger partial charge on any atom is -0.296 e. The Kier molecular flexibility index (Phi) is 2.78. The van der Waals surface area contributed by atoms with Gasteiger partial charge in [0.1, 0.15) is 17.5 Å². The second kappa shape index (κ2) is 4.46. The van der Waals surface area contributed by atoms with Crippen LogP contribution in [0.4, 0.5) is 8.78 Å². The van der Waals surface area contributed by atoms with Crippen LogP contribution in [0.1, 0.15) is 12.7 Å². The molecule has 3 rings (SSSR count). The predicted molar refractivity (Wildman–Crippen MR) is 70.4 cm³/mol. The summed E-state index contributed by atoms with van der Waals surface area (Å²) in [6, 6.07) is 10.6. The highest BCUT2D eigenvalue weighted by atomic mass is 19.1. The van der Waals surface area contributed by atoms with Crippen LogP contribution >= 0.6 is 0 Å². The molecule has 0 amide bonds. The van der Waals surface area contributed by atoms with Crippen LogP contribution in [-0.2, 0) is 6.42 Å². The molecule has 0 aliphatic rings. The fourth-order valence-corrected chi connectivity index (χ4v) is 2.21. The maximum Gasteiger partial charge on any atom is 0.125 e. The third-order valence-corrected chi connectivity index (χ3v) is 3.09. The molecular weight excluding hydrogens is 246 g/mol. The Hall–Kier alpha value is -2.23. The number of imidazole rings is 1. The topological polar surface area (TPSA) is 17.8 Å². The molecule has 1 heterocycles. The zero-order chi connectivity index (χ0) is 13.4. The van der Waals surface area contributed by atoms with Crippen molar-refractivity contribution in [3.05, 3.63) is 59.9 Å². The summed E-state index contributed by atoms with van der Waals surface area (Å²) >= 11 is 0. The standard InChI is InChI=1S/C15H12F2N2/c1-2-15-18-13-8-5-11(17)9-14(13)19(15)12-6-3-10(16)4-7-12/h3-9H,2H2,1H3. The molecular formula is C15H12F2N2. The van der Waals surface area contributed by atoms with Gasteiger partial charge in [0.15, 0.2) is 0 Å². The summed E-state index contributed by atoms with van der Waals surface area (Å²) in [6.45, 7) is 1.98.